The predicted octanol–water partition coefficient (Wildman–Crippen LogP) is 3.82. The van der Waals surface area contributed by atoms with E-state index in [1.807, 2.05) is 30.3 Å². The fraction of sp³-hybridized carbons (Fsp3) is 0.211. The maximum absolute atomic E-state index is 12.5. The van der Waals surface area contributed by atoms with Crippen molar-refractivity contribution in [3.8, 4) is 17.1 Å². The van der Waals surface area contributed by atoms with Crippen LogP contribution in [-0.4, -0.2) is 34.1 Å². The van der Waals surface area contributed by atoms with Crippen molar-refractivity contribution in [2.75, 3.05) is 7.05 Å². The Bertz CT molecular complexity index is 865. The van der Waals surface area contributed by atoms with Gasteiger partial charge < -0.3 is 14.2 Å². The highest BCUT2D eigenvalue weighted by Crippen LogP contribution is 2.19. The fourth-order valence-electron chi connectivity index (χ4n) is 2.38. The van der Waals surface area contributed by atoms with E-state index in [4.69, 9.17) is 20.9 Å². The molecule has 0 saturated carbocycles. The summed E-state index contributed by atoms with van der Waals surface area (Å²) in [4.78, 5) is 18.3. The first-order valence-corrected chi connectivity index (χ1v) is 8.46. The number of hydrogen-bond donors (Lipinski definition) is 0. The number of carbonyl (C=O) groups excluding carboxylic acids is 1. The molecule has 0 aliphatic carbocycles. The van der Waals surface area contributed by atoms with Gasteiger partial charge in [-0.15, -0.1) is 0 Å². The third kappa shape index (κ3) is 4.40. The van der Waals surface area contributed by atoms with Gasteiger partial charge in [0.05, 0.1) is 6.54 Å². The standard InChI is InChI=1S/C19H18ClN3O3/c1-13(25-16-6-4-3-5-7-16)19(24)23(2)12-17-21-18(22-26-17)14-8-10-15(20)11-9-14/h3-11,13H,12H2,1-2H3/t13-/m1/s1. The molecule has 0 fully saturated rings. The zero-order chi connectivity index (χ0) is 18.5. The van der Waals surface area contributed by atoms with Crippen molar-refractivity contribution < 1.29 is 14.1 Å². The molecule has 1 heterocycles. The quantitative estimate of drug-likeness (QED) is 0.659. The van der Waals surface area contributed by atoms with Crippen LogP contribution in [0.5, 0.6) is 5.75 Å². The highest BCUT2D eigenvalue weighted by atomic mass is 35.5. The number of aromatic nitrogens is 2. The molecule has 0 spiro atoms. The van der Waals surface area contributed by atoms with Gasteiger partial charge in [-0.1, -0.05) is 35.0 Å². The summed E-state index contributed by atoms with van der Waals surface area (Å²) >= 11 is 5.88. The van der Waals surface area contributed by atoms with Crippen molar-refractivity contribution in [3.05, 3.63) is 65.5 Å². The maximum Gasteiger partial charge on any atom is 0.263 e. The van der Waals surface area contributed by atoms with Crippen LogP contribution < -0.4 is 4.74 Å². The van der Waals surface area contributed by atoms with Crippen molar-refractivity contribution in [2.45, 2.75) is 19.6 Å². The molecule has 3 aromatic rings. The number of carbonyl (C=O) groups is 1. The molecule has 0 aliphatic heterocycles. The van der Waals surface area contributed by atoms with Gasteiger partial charge in [0.15, 0.2) is 6.10 Å². The van der Waals surface area contributed by atoms with Gasteiger partial charge in [0.1, 0.15) is 5.75 Å². The lowest BCUT2D eigenvalue weighted by molar-refractivity contribution is -0.137. The van der Waals surface area contributed by atoms with Crippen LogP contribution in [0.15, 0.2) is 59.1 Å². The minimum atomic E-state index is -0.624. The van der Waals surface area contributed by atoms with Crippen LogP contribution >= 0.6 is 11.6 Å². The Morgan fingerprint density at radius 3 is 2.58 bits per heavy atom. The first kappa shape index (κ1) is 17.9. The fourth-order valence-corrected chi connectivity index (χ4v) is 2.51. The van der Waals surface area contributed by atoms with Crippen LogP contribution in [0.25, 0.3) is 11.4 Å². The number of benzene rings is 2. The molecule has 0 radical (unpaired) electrons. The Kier molecular flexibility index (Phi) is 5.53. The van der Waals surface area contributed by atoms with Gasteiger partial charge in [0.2, 0.25) is 11.7 Å². The van der Waals surface area contributed by atoms with E-state index in [-0.39, 0.29) is 12.5 Å². The minimum Gasteiger partial charge on any atom is -0.481 e. The molecule has 1 atom stereocenters. The van der Waals surface area contributed by atoms with Gasteiger partial charge >= 0.3 is 0 Å². The molecule has 0 bridgehead atoms. The molecule has 3 rings (SSSR count). The zero-order valence-corrected chi connectivity index (χ0v) is 15.2. The second-order valence-corrected chi connectivity index (χ2v) is 6.22. The number of amides is 1. The number of halogens is 1. The van der Waals surface area contributed by atoms with E-state index in [1.54, 1.807) is 38.2 Å². The van der Waals surface area contributed by atoms with Crippen LogP contribution in [0.3, 0.4) is 0 Å². The lowest BCUT2D eigenvalue weighted by Crippen LogP contribution is -2.37. The summed E-state index contributed by atoms with van der Waals surface area (Å²) in [5.74, 6) is 1.26. The first-order valence-electron chi connectivity index (χ1n) is 8.08. The van der Waals surface area contributed by atoms with Gasteiger partial charge in [-0.25, -0.2) is 0 Å². The van der Waals surface area contributed by atoms with Crippen molar-refractivity contribution in [3.63, 3.8) is 0 Å². The lowest BCUT2D eigenvalue weighted by atomic mass is 10.2. The van der Waals surface area contributed by atoms with Gasteiger partial charge in [-0.3, -0.25) is 4.79 Å². The highest BCUT2D eigenvalue weighted by molar-refractivity contribution is 6.30. The van der Waals surface area contributed by atoms with Gasteiger partial charge in [-0.2, -0.15) is 4.98 Å². The number of nitrogens with zero attached hydrogens (tertiary/aromatic N) is 3. The number of rotatable bonds is 6. The first-order chi connectivity index (χ1) is 12.5. The average Bonchev–Trinajstić information content (AvgIpc) is 3.11. The van der Waals surface area contributed by atoms with Crippen LogP contribution in [0, 0.1) is 0 Å². The molecule has 134 valence electrons. The number of hydrogen-bond acceptors (Lipinski definition) is 5. The molecular weight excluding hydrogens is 354 g/mol. The molecular formula is C19H18ClN3O3. The SMILES string of the molecule is C[C@@H](Oc1ccccc1)C(=O)N(C)Cc1nc(-c2ccc(Cl)cc2)no1. The van der Waals surface area contributed by atoms with E-state index in [2.05, 4.69) is 10.1 Å². The molecule has 0 aliphatic rings. The largest absolute Gasteiger partial charge is 0.481 e. The number of para-hydroxylation sites is 1. The normalized spacial score (nSPS) is 11.8. The summed E-state index contributed by atoms with van der Waals surface area (Å²) in [5.41, 5.74) is 0.791. The molecule has 7 heteroatoms. The molecule has 6 nitrogen and oxygen atoms in total. The number of ether oxygens (including phenoxy) is 1. The van der Waals surface area contributed by atoms with Crippen molar-refractivity contribution in [1.29, 1.82) is 0 Å². The summed E-state index contributed by atoms with van der Waals surface area (Å²) in [6.45, 7) is 1.90. The third-order valence-electron chi connectivity index (χ3n) is 3.72. The van der Waals surface area contributed by atoms with E-state index in [9.17, 15) is 4.79 Å². The van der Waals surface area contributed by atoms with Crippen LogP contribution in [0.2, 0.25) is 5.02 Å². The van der Waals surface area contributed by atoms with Crippen LogP contribution in [0.1, 0.15) is 12.8 Å². The van der Waals surface area contributed by atoms with Gasteiger partial charge in [0.25, 0.3) is 5.91 Å². The molecule has 1 amide bonds. The molecule has 2 aromatic carbocycles. The Morgan fingerprint density at radius 1 is 1.19 bits per heavy atom. The van der Waals surface area contributed by atoms with Crippen molar-refractivity contribution in [1.82, 2.24) is 15.0 Å². The Morgan fingerprint density at radius 2 is 1.88 bits per heavy atom. The Labute approximate surface area is 156 Å². The topological polar surface area (TPSA) is 68.5 Å². The second-order valence-electron chi connectivity index (χ2n) is 5.79. The summed E-state index contributed by atoms with van der Waals surface area (Å²) in [5, 5.41) is 4.58. The predicted molar refractivity (Wildman–Crippen MR) is 97.8 cm³/mol. The second kappa shape index (κ2) is 8.01. The van der Waals surface area contributed by atoms with E-state index >= 15 is 0 Å². The summed E-state index contributed by atoms with van der Waals surface area (Å²) < 4.78 is 10.9. The molecule has 1 aromatic heterocycles. The van der Waals surface area contributed by atoms with Crippen molar-refractivity contribution >= 4 is 17.5 Å². The van der Waals surface area contributed by atoms with Crippen LogP contribution in [0.4, 0.5) is 0 Å². The summed E-state index contributed by atoms with van der Waals surface area (Å²) in [6, 6.07) is 16.3. The van der Waals surface area contributed by atoms with Gasteiger partial charge in [-0.05, 0) is 43.3 Å². The molecule has 0 saturated heterocycles. The van der Waals surface area contributed by atoms with Gasteiger partial charge in [0, 0.05) is 17.6 Å². The Hall–Kier alpha value is -2.86. The molecule has 0 unspecified atom stereocenters. The molecule has 0 N–H and O–H groups in total. The van der Waals surface area contributed by atoms with E-state index in [0.29, 0.717) is 22.5 Å². The minimum absolute atomic E-state index is 0.180. The van der Waals surface area contributed by atoms with Crippen LogP contribution in [-0.2, 0) is 11.3 Å². The highest BCUT2D eigenvalue weighted by Gasteiger charge is 2.21. The van der Waals surface area contributed by atoms with E-state index in [1.165, 1.54) is 4.90 Å². The average molecular weight is 372 g/mol. The Balaban J connectivity index is 1.61. The maximum atomic E-state index is 12.5. The van der Waals surface area contributed by atoms with E-state index < -0.39 is 6.10 Å². The summed E-state index contributed by atoms with van der Waals surface area (Å²) in [7, 11) is 1.67. The molecule has 26 heavy (non-hydrogen) atoms. The third-order valence-corrected chi connectivity index (χ3v) is 3.97. The van der Waals surface area contributed by atoms with E-state index in [0.717, 1.165) is 5.56 Å². The lowest BCUT2D eigenvalue weighted by Gasteiger charge is -2.20. The summed E-state index contributed by atoms with van der Waals surface area (Å²) in [6.07, 6.45) is -0.624. The number of likely N-dealkylation sites (N-methyl/N-ethyl adjacent to an activating group) is 1. The monoisotopic (exact) mass is 371 g/mol. The van der Waals surface area contributed by atoms with Crippen molar-refractivity contribution in [2.24, 2.45) is 0 Å². The zero-order valence-electron chi connectivity index (χ0n) is 14.4. The smallest absolute Gasteiger partial charge is 0.263 e.